The summed E-state index contributed by atoms with van der Waals surface area (Å²) in [4.78, 5) is 16.6. The maximum atomic E-state index is 6.96. The molecule has 0 fully saturated rings. The third-order valence-corrected chi connectivity index (χ3v) is 10.1. The highest BCUT2D eigenvalue weighted by Crippen LogP contribution is 2.43. The van der Waals surface area contributed by atoms with Gasteiger partial charge in [-0.15, -0.1) is 0 Å². The van der Waals surface area contributed by atoms with Gasteiger partial charge in [0.25, 0.3) is 0 Å². The topological polar surface area (TPSA) is 53.5 Å². The van der Waals surface area contributed by atoms with E-state index in [1.807, 2.05) is 72.8 Å². The summed E-state index contributed by atoms with van der Waals surface area (Å²) in [6.45, 7) is 4.17. The average Bonchev–Trinajstić information content (AvgIpc) is 3.68. The summed E-state index contributed by atoms with van der Waals surface area (Å²) in [7, 11) is 0. The number of amidine groups is 2. The Bertz CT molecular complexity index is 2760. The molecular formula is C52H38N4O. The second kappa shape index (κ2) is 16.0. The quantitative estimate of drug-likeness (QED) is 0.109. The van der Waals surface area contributed by atoms with Gasteiger partial charge in [0.15, 0.2) is 17.3 Å². The molecule has 272 valence electrons. The van der Waals surface area contributed by atoms with Crippen LogP contribution in [-0.4, -0.2) is 18.4 Å². The van der Waals surface area contributed by atoms with Gasteiger partial charge >= 0.3 is 0 Å². The van der Waals surface area contributed by atoms with Gasteiger partial charge in [0.1, 0.15) is 5.58 Å². The lowest BCUT2D eigenvalue weighted by molar-refractivity contribution is 0.663. The summed E-state index contributed by atoms with van der Waals surface area (Å²) >= 11 is 0. The molecule has 8 aromatic carbocycles. The Kier molecular flexibility index (Phi) is 9.85. The van der Waals surface area contributed by atoms with E-state index in [4.69, 9.17) is 14.4 Å². The van der Waals surface area contributed by atoms with Crippen LogP contribution in [-0.2, 0) is 6.54 Å². The molecule has 1 heterocycles. The Morgan fingerprint density at radius 3 is 1.42 bits per heavy atom. The van der Waals surface area contributed by atoms with Gasteiger partial charge in [-0.05, 0) is 59.3 Å². The van der Waals surface area contributed by atoms with Gasteiger partial charge in [-0.1, -0.05) is 176 Å². The zero-order valence-electron chi connectivity index (χ0n) is 31.2. The number of fused-ring (bicyclic) bond motifs is 3. The van der Waals surface area contributed by atoms with Crippen LogP contribution in [0.4, 0.5) is 17.1 Å². The van der Waals surface area contributed by atoms with Gasteiger partial charge in [0.2, 0.25) is 0 Å². The summed E-state index contributed by atoms with van der Waals surface area (Å²) in [6, 6.07) is 70.9. The molecule has 0 N–H and O–H groups in total. The van der Waals surface area contributed by atoms with E-state index in [9.17, 15) is 0 Å². The highest BCUT2D eigenvalue weighted by Gasteiger charge is 2.21. The molecule has 0 saturated heterocycles. The van der Waals surface area contributed by atoms with E-state index in [2.05, 4.69) is 150 Å². The normalized spacial score (nSPS) is 11.9. The number of hydrogen-bond acceptors (Lipinski definition) is 3. The molecule has 0 saturated carbocycles. The Morgan fingerprint density at radius 2 is 0.895 bits per heavy atom. The Labute approximate surface area is 332 Å². The lowest BCUT2D eigenvalue weighted by Gasteiger charge is -2.26. The van der Waals surface area contributed by atoms with E-state index in [0.717, 1.165) is 66.8 Å². The van der Waals surface area contributed by atoms with Crippen LogP contribution < -0.4 is 4.90 Å². The molecule has 0 bridgehead atoms. The molecule has 5 heteroatoms. The van der Waals surface area contributed by atoms with Gasteiger partial charge in [-0.25, -0.2) is 9.98 Å². The van der Waals surface area contributed by atoms with Crippen molar-refractivity contribution in [2.24, 2.45) is 15.0 Å². The molecule has 0 unspecified atom stereocenters. The number of benzene rings is 8. The van der Waals surface area contributed by atoms with Crippen LogP contribution in [0.15, 0.2) is 226 Å². The zero-order chi connectivity index (χ0) is 38.4. The minimum absolute atomic E-state index is 0.352. The van der Waals surface area contributed by atoms with Crippen molar-refractivity contribution in [3.63, 3.8) is 0 Å². The SMILES string of the molecule is C=N/C(=N\C(=N/Cc1cccc2c1oc1c(N(c3ccc(-c4ccccc4)cc3)c3ccc(-c4ccccc4)cc3)cccc12)c1ccccc1)c1ccccc1. The second-order valence-corrected chi connectivity index (χ2v) is 13.7. The Hall–Kier alpha value is -7.63. The average molecular weight is 735 g/mol. The summed E-state index contributed by atoms with van der Waals surface area (Å²) in [5, 5.41) is 2.06. The van der Waals surface area contributed by atoms with Gasteiger partial charge in [-0.3, -0.25) is 4.99 Å². The fourth-order valence-electron chi connectivity index (χ4n) is 7.28. The minimum Gasteiger partial charge on any atom is -0.453 e. The molecule has 0 atom stereocenters. The van der Waals surface area contributed by atoms with Gasteiger partial charge in [0.05, 0.1) is 12.2 Å². The standard InChI is InChI=1S/C52H38N4O/c1-53-51(41-20-10-4-11-21-41)55-52(42-22-12-5-13-23-42)54-36-43-24-14-25-46-47-26-15-27-48(50(47)57-49(43)46)56(44-32-28-39(29-33-44)37-16-6-2-7-17-37)45-34-30-40(31-35-45)38-18-8-3-9-19-38/h2-35H,1,36H2/b54-52-,55-51-. The first kappa shape index (κ1) is 35.1. The number of furan rings is 1. The molecule has 57 heavy (non-hydrogen) atoms. The van der Waals surface area contributed by atoms with Crippen molar-refractivity contribution < 1.29 is 4.42 Å². The number of nitrogens with zero attached hydrogens (tertiary/aromatic N) is 4. The third-order valence-electron chi connectivity index (χ3n) is 10.1. The van der Waals surface area contributed by atoms with Crippen LogP contribution in [0.5, 0.6) is 0 Å². The van der Waals surface area contributed by atoms with Crippen molar-refractivity contribution in [1.29, 1.82) is 0 Å². The first-order chi connectivity index (χ1) is 28.2. The summed E-state index contributed by atoms with van der Waals surface area (Å²) < 4.78 is 6.96. The summed E-state index contributed by atoms with van der Waals surface area (Å²) in [6.07, 6.45) is 0. The van der Waals surface area contributed by atoms with Crippen LogP contribution in [0, 0.1) is 0 Å². The maximum Gasteiger partial charge on any atom is 0.161 e. The monoisotopic (exact) mass is 734 g/mol. The second-order valence-electron chi connectivity index (χ2n) is 13.7. The van der Waals surface area contributed by atoms with Gasteiger partial charge < -0.3 is 9.32 Å². The molecule has 9 rings (SSSR count). The van der Waals surface area contributed by atoms with Crippen LogP contribution in [0.25, 0.3) is 44.2 Å². The largest absolute Gasteiger partial charge is 0.453 e. The number of aliphatic imine (C=N–C) groups is 3. The molecular weight excluding hydrogens is 697 g/mol. The molecule has 0 spiro atoms. The van der Waals surface area contributed by atoms with E-state index in [-0.39, 0.29) is 0 Å². The molecule has 0 radical (unpaired) electrons. The van der Waals surface area contributed by atoms with Gasteiger partial charge in [0, 0.05) is 38.8 Å². The number of para-hydroxylation sites is 2. The van der Waals surface area contributed by atoms with E-state index in [1.54, 1.807) is 0 Å². The van der Waals surface area contributed by atoms with E-state index in [1.165, 1.54) is 11.1 Å². The lowest BCUT2D eigenvalue weighted by atomic mass is 10.0. The summed E-state index contributed by atoms with van der Waals surface area (Å²) in [5.41, 5.74) is 12.0. The fourth-order valence-corrected chi connectivity index (χ4v) is 7.28. The Morgan fingerprint density at radius 1 is 0.439 bits per heavy atom. The predicted molar refractivity (Wildman–Crippen MR) is 238 cm³/mol. The predicted octanol–water partition coefficient (Wildman–Crippen LogP) is 13.5. The van der Waals surface area contributed by atoms with Crippen LogP contribution in [0.2, 0.25) is 0 Å². The van der Waals surface area contributed by atoms with E-state index in [0.29, 0.717) is 18.2 Å². The van der Waals surface area contributed by atoms with Crippen LogP contribution in [0.1, 0.15) is 16.7 Å². The van der Waals surface area contributed by atoms with Crippen molar-refractivity contribution in [3.05, 3.63) is 223 Å². The summed E-state index contributed by atoms with van der Waals surface area (Å²) in [5.74, 6) is 1.08. The molecule has 5 nitrogen and oxygen atoms in total. The van der Waals surface area contributed by atoms with Crippen molar-refractivity contribution in [2.75, 3.05) is 4.90 Å². The Balaban J connectivity index is 1.15. The van der Waals surface area contributed by atoms with E-state index < -0.39 is 0 Å². The highest BCUT2D eigenvalue weighted by atomic mass is 16.3. The minimum atomic E-state index is 0.352. The molecule has 9 aromatic rings. The van der Waals surface area contributed by atoms with Crippen LogP contribution >= 0.6 is 0 Å². The molecule has 0 aliphatic heterocycles. The molecule has 0 amide bonds. The van der Waals surface area contributed by atoms with Crippen molar-refractivity contribution >= 4 is 57.4 Å². The van der Waals surface area contributed by atoms with Crippen molar-refractivity contribution in [1.82, 2.24) is 0 Å². The number of hydrogen-bond donors (Lipinski definition) is 0. The van der Waals surface area contributed by atoms with E-state index >= 15 is 0 Å². The molecule has 0 aliphatic carbocycles. The van der Waals surface area contributed by atoms with Gasteiger partial charge in [-0.2, -0.15) is 0 Å². The van der Waals surface area contributed by atoms with Crippen molar-refractivity contribution in [3.8, 4) is 22.3 Å². The third kappa shape index (κ3) is 7.30. The molecule has 0 aliphatic rings. The van der Waals surface area contributed by atoms with Crippen LogP contribution in [0.3, 0.4) is 0 Å². The molecule has 1 aromatic heterocycles. The first-order valence-electron chi connectivity index (χ1n) is 19.0. The first-order valence-corrected chi connectivity index (χ1v) is 19.0. The van der Waals surface area contributed by atoms with Crippen molar-refractivity contribution in [2.45, 2.75) is 6.54 Å². The highest BCUT2D eigenvalue weighted by molar-refractivity contribution is 6.13. The zero-order valence-corrected chi connectivity index (χ0v) is 31.2. The fraction of sp³-hybridized carbons (Fsp3) is 0.0192. The number of anilines is 3. The smallest absolute Gasteiger partial charge is 0.161 e. The maximum absolute atomic E-state index is 6.96. The lowest BCUT2D eigenvalue weighted by Crippen LogP contribution is -2.10. The number of rotatable bonds is 9.